The van der Waals surface area contributed by atoms with Gasteiger partial charge in [0.25, 0.3) is 5.91 Å². The van der Waals surface area contributed by atoms with E-state index in [1.165, 1.54) is 6.07 Å². The molecule has 1 saturated heterocycles. The largest absolute Gasteiger partial charge is 0.490 e. The van der Waals surface area contributed by atoms with E-state index in [9.17, 15) is 9.18 Å². The highest BCUT2D eigenvalue weighted by atomic mass is 19.1. The van der Waals surface area contributed by atoms with Crippen LogP contribution in [0.1, 0.15) is 31.7 Å². The van der Waals surface area contributed by atoms with Gasteiger partial charge in [0.15, 0.2) is 11.6 Å². The van der Waals surface area contributed by atoms with E-state index in [0.717, 1.165) is 36.0 Å². The van der Waals surface area contributed by atoms with Gasteiger partial charge in [0, 0.05) is 41.8 Å². The van der Waals surface area contributed by atoms with Gasteiger partial charge in [-0.25, -0.2) is 9.37 Å². The molecule has 0 spiro atoms. The van der Waals surface area contributed by atoms with Gasteiger partial charge in [-0.15, -0.1) is 0 Å². The molecule has 7 nitrogen and oxygen atoms in total. The van der Waals surface area contributed by atoms with Crippen molar-refractivity contribution in [1.29, 1.82) is 0 Å². The van der Waals surface area contributed by atoms with Crippen LogP contribution in [0.5, 0.6) is 5.75 Å². The van der Waals surface area contributed by atoms with Gasteiger partial charge < -0.3 is 10.1 Å². The first kappa shape index (κ1) is 20.5. The van der Waals surface area contributed by atoms with Gasteiger partial charge in [-0.2, -0.15) is 5.10 Å². The van der Waals surface area contributed by atoms with Crippen LogP contribution >= 0.6 is 0 Å². The molecule has 1 unspecified atom stereocenters. The van der Waals surface area contributed by atoms with Crippen molar-refractivity contribution in [3.8, 4) is 16.9 Å². The number of H-pyrrole nitrogens is 1. The first-order valence-electron chi connectivity index (χ1n) is 11.1. The molecule has 166 valence electrons. The summed E-state index contributed by atoms with van der Waals surface area (Å²) in [5.41, 5.74) is 3.77. The molecule has 1 aliphatic carbocycles. The van der Waals surface area contributed by atoms with E-state index >= 15 is 0 Å². The third-order valence-electron chi connectivity index (χ3n) is 6.09. The monoisotopic (exact) mass is 435 g/mol. The Morgan fingerprint density at radius 1 is 1.25 bits per heavy atom. The Morgan fingerprint density at radius 3 is 2.88 bits per heavy atom. The normalized spacial score (nSPS) is 18.2. The van der Waals surface area contributed by atoms with Crippen molar-refractivity contribution in [2.75, 3.05) is 23.4 Å². The SMILES string of the molecule is CCc1cc(N2CCC(Nc3ccc(F)c(OCC4CC4)c3)C2=O)ncc1-c1cn[nH]c1. The lowest BCUT2D eigenvalue weighted by atomic mass is 10.0. The smallest absolute Gasteiger partial charge is 0.250 e. The van der Waals surface area contributed by atoms with Gasteiger partial charge in [0.1, 0.15) is 11.9 Å². The van der Waals surface area contributed by atoms with Crippen LogP contribution in [0, 0.1) is 11.7 Å². The number of amides is 1. The molecule has 2 aromatic heterocycles. The average Bonchev–Trinajstić information content (AvgIpc) is 3.34. The number of halogens is 1. The van der Waals surface area contributed by atoms with E-state index in [0.29, 0.717) is 37.0 Å². The highest BCUT2D eigenvalue weighted by molar-refractivity contribution is 6.00. The third-order valence-corrected chi connectivity index (χ3v) is 6.09. The number of hydrogen-bond donors (Lipinski definition) is 2. The minimum atomic E-state index is -0.392. The van der Waals surface area contributed by atoms with Gasteiger partial charge >= 0.3 is 0 Å². The minimum absolute atomic E-state index is 0.0413. The second-order valence-electron chi connectivity index (χ2n) is 8.42. The van der Waals surface area contributed by atoms with Crippen LogP contribution in [-0.2, 0) is 11.2 Å². The molecular weight excluding hydrogens is 409 g/mol. The number of ether oxygens (including phenoxy) is 1. The average molecular weight is 436 g/mol. The molecule has 1 amide bonds. The maximum absolute atomic E-state index is 14.1. The predicted molar refractivity (Wildman–Crippen MR) is 120 cm³/mol. The fourth-order valence-corrected chi connectivity index (χ4v) is 4.02. The fourth-order valence-electron chi connectivity index (χ4n) is 4.02. The Morgan fingerprint density at radius 2 is 2.12 bits per heavy atom. The summed E-state index contributed by atoms with van der Waals surface area (Å²) in [6.45, 7) is 3.19. The number of nitrogens with one attached hydrogen (secondary N) is 2. The zero-order chi connectivity index (χ0) is 22.1. The Hall–Kier alpha value is -3.42. The molecule has 32 heavy (non-hydrogen) atoms. The summed E-state index contributed by atoms with van der Waals surface area (Å²) in [6.07, 6.45) is 9.15. The first-order chi connectivity index (χ1) is 15.6. The Bertz CT molecular complexity index is 1110. The standard InChI is InChI=1S/C24H26FN5O2/c1-2-16-9-23(26-13-19(16)17-11-27-28-12-17)30-8-7-21(24(30)31)29-18-5-6-20(25)22(10-18)32-14-15-3-4-15/h5-6,9-13,15,21,29H,2-4,7-8,14H2,1H3,(H,27,28). The predicted octanol–water partition coefficient (Wildman–Crippen LogP) is 4.18. The molecule has 3 aromatic rings. The Balaban J connectivity index is 1.29. The number of aromatic nitrogens is 3. The minimum Gasteiger partial charge on any atom is -0.490 e. The van der Waals surface area contributed by atoms with Crippen molar-refractivity contribution in [3.05, 3.63) is 54.2 Å². The molecular formula is C24H26FN5O2. The van der Waals surface area contributed by atoms with Crippen molar-refractivity contribution >= 4 is 17.4 Å². The summed E-state index contributed by atoms with van der Waals surface area (Å²) in [5, 5.41) is 10.1. The Kier molecular flexibility index (Phi) is 5.51. The van der Waals surface area contributed by atoms with Crippen LogP contribution in [0.4, 0.5) is 15.9 Å². The highest BCUT2D eigenvalue weighted by Gasteiger charge is 2.33. The van der Waals surface area contributed by atoms with Gasteiger partial charge in [-0.3, -0.25) is 14.8 Å². The number of aromatic amines is 1. The van der Waals surface area contributed by atoms with E-state index in [4.69, 9.17) is 4.74 Å². The summed E-state index contributed by atoms with van der Waals surface area (Å²) < 4.78 is 19.7. The number of anilines is 2. The Labute approximate surface area is 186 Å². The van der Waals surface area contributed by atoms with Gasteiger partial charge in [-0.05, 0) is 55.4 Å². The molecule has 1 aromatic carbocycles. The van der Waals surface area contributed by atoms with Crippen LogP contribution in [0.15, 0.2) is 42.9 Å². The van der Waals surface area contributed by atoms with Crippen molar-refractivity contribution in [3.63, 3.8) is 0 Å². The molecule has 2 N–H and O–H groups in total. The quantitative estimate of drug-likeness (QED) is 0.555. The zero-order valence-corrected chi connectivity index (χ0v) is 18.0. The zero-order valence-electron chi connectivity index (χ0n) is 18.0. The van der Waals surface area contributed by atoms with Gasteiger partial charge in [0.05, 0.1) is 12.8 Å². The summed E-state index contributed by atoms with van der Waals surface area (Å²) in [5.74, 6) is 0.991. The summed E-state index contributed by atoms with van der Waals surface area (Å²) >= 11 is 0. The molecule has 5 rings (SSSR count). The number of carbonyl (C=O) groups excluding carboxylic acids is 1. The number of rotatable bonds is 8. The number of aryl methyl sites for hydroxylation is 1. The van der Waals surface area contributed by atoms with Crippen molar-refractivity contribution in [2.24, 2.45) is 5.92 Å². The van der Waals surface area contributed by atoms with Gasteiger partial charge in [0.2, 0.25) is 0 Å². The molecule has 0 bridgehead atoms. The molecule has 1 aliphatic heterocycles. The number of hydrogen-bond acceptors (Lipinski definition) is 5. The van der Waals surface area contributed by atoms with Crippen molar-refractivity contribution in [1.82, 2.24) is 15.2 Å². The molecule has 0 radical (unpaired) electrons. The summed E-state index contributed by atoms with van der Waals surface area (Å²) in [6, 6.07) is 6.25. The summed E-state index contributed by atoms with van der Waals surface area (Å²) in [7, 11) is 0. The van der Waals surface area contributed by atoms with Crippen molar-refractivity contribution in [2.45, 2.75) is 38.6 Å². The molecule has 1 atom stereocenters. The van der Waals surface area contributed by atoms with E-state index in [-0.39, 0.29) is 17.5 Å². The number of pyridine rings is 1. The van der Waals surface area contributed by atoms with Crippen molar-refractivity contribution < 1.29 is 13.9 Å². The van der Waals surface area contributed by atoms with E-state index in [2.05, 4.69) is 27.4 Å². The molecule has 3 heterocycles. The second-order valence-corrected chi connectivity index (χ2v) is 8.42. The molecule has 2 fully saturated rings. The molecule has 8 heteroatoms. The maximum atomic E-state index is 14.1. The first-order valence-corrected chi connectivity index (χ1v) is 11.1. The highest BCUT2D eigenvalue weighted by Crippen LogP contribution is 2.32. The maximum Gasteiger partial charge on any atom is 0.250 e. The van der Waals surface area contributed by atoms with Crippen LogP contribution in [0.25, 0.3) is 11.1 Å². The lowest BCUT2D eigenvalue weighted by molar-refractivity contribution is -0.117. The van der Waals surface area contributed by atoms with Crippen LogP contribution in [0.2, 0.25) is 0 Å². The summed E-state index contributed by atoms with van der Waals surface area (Å²) in [4.78, 5) is 19.4. The molecule has 2 aliphatic rings. The van der Waals surface area contributed by atoms with E-state index < -0.39 is 6.04 Å². The molecule has 1 saturated carbocycles. The van der Waals surface area contributed by atoms with Crippen LogP contribution in [-0.4, -0.2) is 40.3 Å². The fraction of sp³-hybridized carbons (Fsp3) is 0.375. The van der Waals surface area contributed by atoms with Crippen LogP contribution < -0.4 is 15.0 Å². The lowest BCUT2D eigenvalue weighted by Crippen LogP contribution is -2.34. The van der Waals surface area contributed by atoms with E-state index in [1.54, 1.807) is 29.4 Å². The lowest BCUT2D eigenvalue weighted by Gasteiger charge is -2.19. The number of benzene rings is 1. The van der Waals surface area contributed by atoms with Crippen LogP contribution in [0.3, 0.4) is 0 Å². The van der Waals surface area contributed by atoms with Gasteiger partial charge in [-0.1, -0.05) is 6.92 Å². The van der Waals surface area contributed by atoms with E-state index in [1.807, 2.05) is 12.3 Å². The topological polar surface area (TPSA) is 83.1 Å². The third kappa shape index (κ3) is 4.17. The number of nitrogens with zero attached hydrogens (tertiary/aromatic N) is 3. The number of carbonyl (C=O) groups is 1. The second kappa shape index (κ2) is 8.61.